The molecule has 0 radical (unpaired) electrons. The molecule has 2 heterocycles. The van der Waals surface area contributed by atoms with Crippen molar-refractivity contribution in [2.45, 2.75) is 38.6 Å². The van der Waals surface area contributed by atoms with E-state index in [4.69, 9.17) is 10.3 Å². The summed E-state index contributed by atoms with van der Waals surface area (Å²) >= 11 is 0. The number of sulfone groups is 1. The molecule has 1 aromatic heterocycles. The summed E-state index contributed by atoms with van der Waals surface area (Å²) in [6.45, 7) is 4.14. The maximum atomic E-state index is 11.4. The first-order valence-corrected chi connectivity index (χ1v) is 7.99. The van der Waals surface area contributed by atoms with Crippen LogP contribution in [0.1, 0.15) is 50.4 Å². The van der Waals surface area contributed by atoms with E-state index >= 15 is 0 Å². The quantitative estimate of drug-likeness (QED) is 0.879. The third kappa shape index (κ3) is 3.08. The van der Waals surface area contributed by atoms with Crippen molar-refractivity contribution in [2.75, 3.05) is 11.5 Å². The van der Waals surface area contributed by atoms with Crippen LogP contribution in [0.25, 0.3) is 0 Å². The van der Waals surface area contributed by atoms with Crippen molar-refractivity contribution < 1.29 is 12.9 Å². The summed E-state index contributed by atoms with van der Waals surface area (Å²) in [5.74, 6) is 1.51. The minimum absolute atomic E-state index is 0.116. The van der Waals surface area contributed by atoms with Crippen molar-refractivity contribution in [2.24, 2.45) is 11.7 Å². The summed E-state index contributed by atoms with van der Waals surface area (Å²) in [4.78, 5) is 4.24. The monoisotopic (exact) mass is 273 g/mol. The summed E-state index contributed by atoms with van der Waals surface area (Å²) < 4.78 is 27.9. The van der Waals surface area contributed by atoms with Gasteiger partial charge in [-0.15, -0.1) is 0 Å². The van der Waals surface area contributed by atoms with Crippen LogP contribution in [-0.2, 0) is 9.84 Å². The molecule has 0 saturated carbocycles. The third-order valence-electron chi connectivity index (χ3n) is 3.10. The van der Waals surface area contributed by atoms with Crippen LogP contribution in [0.5, 0.6) is 0 Å². The molecule has 1 fully saturated rings. The van der Waals surface area contributed by atoms with Crippen molar-refractivity contribution in [3.63, 3.8) is 0 Å². The van der Waals surface area contributed by atoms with Gasteiger partial charge in [-0.3, -0.25) is 0 Å². The van der Waals surface area contributed by atoms with E-state index in [1.165, 1.54) is 0 Å². The van der Waals surface area contributed by atoms with Crippen molar-refractivity contribution in [1.29, 1.82) is 0 Å². The molecule has 6 nitrogen and oxygen atoms in total. The predicted octanol–water partition coefficient (Wildman–Crippen LogP) is 1.02. The van der Waals surface area contributed by atoms with Gasteiger partial charge in [0.1, 0.15) is 0 Å². The van der Waals surface area contributed by atoms with Crippen LogP contribution in [-0.4, -0.2) is 30.1 Å². The molecule has 1 unspecified atom stereocenters. The lowest BCUT2D eigenvalue weighted by Gasteiger charge is -2.08. The lowest BCUT2D eigenvalue weighted by molar-refractivity contribution is 0.331. The van der Waals surface area contributed by atoms with E-state index in [0.29, 0.717) is 24.1 Å². The summed E-state index contributed by atoms with van der Waals surface area (Å²) in [6.07, 6.45) is 1.34. The molecule has 102 valence electrons. The zero-order valence-electron chi connectivity index (χ0n) is 10.7. The van der Waals surface area contributed by atoms with E-state index in [1.54, 1.807) is 0 Å². The average Bonchev–Trinajstić information content (AvgIpc) is 2.82. The maximum absolute atomic E-state index is 11.4. The van der Waals surface area contributed by atoms with E-state index < -0.39 is 9.84 Å². The normalized spacial score (nSPS) is 24.6. The van der Waals surface area contributed by atoms with Crippen molar-refractivity contribution in [1.82, 2.24) is 10.1 Å². The molecule has 2 rings (SSSR count). The van der Waals surface area contributed by atoms with Crippen LogP contribution < -0.4 is 5.73 Å². The van der Waals surface area contributed by atoms with Gasteiger partial charge in [0, 0.05) is 5.92 Å². The average molecular weight is 273 g/mol. The largest absolute Gasteiger partial charge is 0.338 e. The van der Waals surface area contributed by atoms with Crippen LogP contribution in [0.2, 0.25) is 0 Å². The first-order chi connectivity index (χ1) is 8.37. The highest BCUT2D eigenvalue weighted by molar-refractivity contribution is 7.91. The first kappa shape index (κ1) is 13.5. The van der Waals surface area contributed by atoms with E-state index in [-0.39, 0.29) is 23.5 Å². The Bertz CT molecular complexity index is 509. The van der Waals surface area contributed by atoms with Gasteiger partial charge >= 0.3 is 0 Å². The van der Waals surface area contributed by atoms with E-state index in [1.807, 2.05) is 0 Å². The number of rotatable bonds is 4. The van der Waals surface area contributed by atoms with E-state index in [2.05, 4.69) is 24.0 Å². The van der Waals surface area contributed by atoms with Gasteiger partial charge < -0.3 is 10.3 Å². The molecule has 0 aliphatic carbocycles. The Kier molecular flexibility index (Phi) is 3.72. The molecule has 7 heteroatoms. The summed E-state index contributed by atoms with van der Waals surface area (Å²) in [5.41, 5.74) is 5.95. The van der Waals surface area contributed by atoms with Gasteiger partial charge in [-0.05, 0) is 18.8 Å². The van der Waals surface area contributed by atoms with Gasteiger partial charge in [0.2, 0.25) is 5.89 Å². The first-order valence-electron chi connectivity index (χ1n) is 6.17. The lowest BCUT2D eigenvalue weighted by atomic mass is 10.0. The second-order valence-electron chi connectivity index (χ2n) is 5.33. The fourth-order valence-electron chi connectivity index (χ4n) is 2.17. The zero-order valence-corrected chi connectivity index (χ0v) is 11.5. The van der Waals surface area contributed by atoms with Gasteiger partial charge in [-0.25, -0.2) is 8.42 Å². The topological polar surface area (TPSA) is 99.1 Å². The SMILES string of the molecule is CC(C)C[C@H](N)c1nc(C2CCS(=O)(=O)C2)no1. The summed E-state index contributed by atoms with van der Waals surface area (Å²) in [6, 6.07) is -0.274. The fraction of sp³-hybridized carbons (Fsp3) is 0.818. The van der Waals surface area contributed by atoms with Crippen molar-refractivity contribution in [3.8, 4) is 0 Å². The third-order valence-corrected chi connectivity index (χ3v) is 4.87. The fourth-order valence-corrected chi connectivity index (χ4v) is 3.91. The minimum Gasteiger partial charge on any atom is -0.338 e. The van der Waals surface area contributed by atoms with Gasteiger partial charge in [-0.1, -0.05) is 19.0 Å². The summed E-state index contributed by atoms with van der Waals surface area (Å²) in [7, 11) is -2.93. The van der Waals surface area contributed by atoms with Crippen molar-refractivity contribution >= 4 is 9.84 Å². The molecule has 2 atom stereocenters. The molecule has 0 amide bonds. The van der Waals surface area contributed by atoms with Crippen LogP contribution in [0.15, 0.2) is 4.52 Å². The van der Waals surface area contributed by atoms with Crippen LogP contribution in [0.4, 0.5) is 0 Å². The molecule has 1 aliphatic rings. The molecular weight excluding hydrogens is 254 g/mol. The molecule has 1 aromatic rings. The number of hydrogen-bond donors (Lipinski definition) is 1. The Morgan fingerprint density at radius 3 is 2.78 bits per heavy atom. The maximum Gasteiger partial charge on any atom is 0.243 e. The Hall–Kier alpha value is -0.950. The van der Waals surface area contributed by atoms with Gasteiger partial charge in [0.05, 0.1) is 17.5 Å². The molecule has 0 aromatic carbocycles. The van der Waals surface area contributed by atoms with Gasteiger partial charge in [-0.2, -0.15) is 4.98 Å². The molecule has 1 aliphatic heterocycles. The number of hydrogen-bond acceptors (Lipinski definition) is 6. The van der Waals surface area contributed by atoms with Gasteiger partial charge in [0.25, 0.3) is 0 Å². The second kappa shape index (κ2) is 4.97. The van der Waals surface area contributed by atoms with Crippen molar-refractivity contribution in [3.05, 3.63) is 11.7 Å². The highest BCUT2D eigenvalue weighted by Crippen LogP contribution is 2.28. The van der Waals surface area contributed by atoms with E-state index in [0.717, 1.165) is 6.42 Å². The molecule has 0 bridgehead atoms. The molecule has 1 saturated heterocycles. The molecular formula is C11H19N3O3S. The zero-order chi connectivity index (χ0) is 13.3. The Morgan fingerprint density at radius 1 is 1.50 bits per heavy atom. The van der Waals surface area contributed by atoms with Crippen LogP contribution in [0.3, 0.4) is 0 Å². The molecule has 18 heavy (non-hydrogen) atoms. The highest BCUT2D eigenvalue weighted by Gasteiger charge is 2.32. The van der Waals surface area contributed by atoms with Gasteiger partial charge in [0.15, 0.2) is 15.7 Å². The number of nitrogens with two attached hydrogens (primary N) is 1. The standard InChI is InChI=1S/C11H19N3O3S/c1-7(2)5-9(12)11-13-10(14-17-11)8-3-4-18(15,16)6-8/h7-9H,3-6,12H2,1-2H3/t8?,9-/m0/s1. The van der Waals surface area contributed by atoms with Crippen LogP contribution >= 0.6 is 0 Å². The lowest BCUT2D eigenvalue weighted by Crippen LogP contribution is -2.13. The van der Waals surface area contributed by atoms with Crippen LogP contribution in [0, 0.1) is 5.92 Å². The highest BCUT2D eigenvalue weighted by atomic mass is 32.2. The Labute approximate surface area is 107 Å². The Morgan fingerprint density at radius 2 is 2.22 bits per heavy atom. The van der Waals surface area contributed by atoms with E-state index in [9.17, 15) is 8.42 Å². The second-order valence-corrected chi connectivity index (χ2v) is 7.56. The molecule has 2 N–H and O–H groups in total. The Balaban J connectivity index is 2.07. The number of nitrogens with zero attached hydrogens (tertiary/aromatic N) is 2. The molecule has 0 spiro atoms. The minimum atomic E-state index is -2.93. The predicted molar refractivity (Wildman–Crippen MR) is 66.7 cm³/mol. The smallest absolute Gasteiger partial charge is 0.243 e. The summed E-state index contributed by atoms with van der Waals surface area (Å²) in [5, 5.41) is 3.86. The number of aromatic nitrogens is 2.